The average Bonchev–Trinajstić information content (AvgIpc) is 3.14. The second kappa shape index (κ2) is 9.48. The van der Waals surface area contributed by atoms with Crippen LogP contribution in [0.15, 0.2) is 66.7 Å². The molecule has 1 amide bonds. The molecular formula is C25H24FNO5. The number of alkyl carbamates (subject to hydrolysis) is 1. The molecule has 0 radical (unpaired) electrons. The molecule has 4 rings (SSSR count). The summed E-state index contributed by atoms with van der Waals surface area (Å²) in [7, 11) is 0. The Hall–Kier alpha value is -3.26. The van der Waals surface area contributed by atoms with Crippen LogP contribution in [0.4, 0.5) is 9.18 Å². The Morgan fingerprint density at radius 2 is 1.62 bits per heavy atom. The quantitative estimate of drug-likeness (QED) is 0.455. The van der Waals surface area contributed by atoms with Crippen LogP contribution in [0.1, 0.15) is 34.3 Å². The van der Waals surface area contributed by atoms with Gasteiger partial charge < -0.3 is 25.4 Å². The van der Waals surface area contributed by atoms with Crippen molar-refractivity contribution in [3.8, 4) is 11.1 Å². The molecule has 0 aliphatic heterocycles. The average molecular weight is 437 g/mol. The molecule has 32 heavy (non-hydrogen) atoms. The van der Waals surface area contributed by atoms with Gasteiger partial charge in [-0.25, -0.2) is 9.18 Å². The largest absolute Gasteiger partial charge is 0.449 e. The first-order valence-electron chi connectivity index (χ1n) is 10.3. The van der Waals surface area contributed by atoms with Gasteiger partial charge in [-0.15, -0.1) is 0 Å². The first kappa shape index (κ1) is 22.0. The van der Waals surface area contributed by atoms with E-state index in [0.717, 1.165) is 28.3 Å². The van der Waals surface area contributed by atoms with Gasteiger partial charge in [0, 0.05) is 18.0 Å². The van der Waals surface area contributed by atoms with Crippen molar-refractivity contribution < 1.29 is 29.2 Å². The molecule has 2 unspecified atom stereocenters. The smallest absolute Gasteiger partial charge is 0.407 e. The molecule has 3 aromatic carbocycles. The molecule has 0 heterocycles. The monoisotopic (exact) mass is 437 g/mol. The Morgan fingerprint density at radius 1 is 1.00 bits per heavy atom. The Labute approximate surface area is 184 Å². The van der Waals surface area contributed by atoms with Crippen LogP contribution in [0.25, 0.3) is 11.1 Å². The first-order valence-corrected chi connectivity index (χ1v) is 10.3. The number of aliphatic hydroxyl groups is 3. The van der Waals surface area contributed by atoms with Gasteiger partial charge in [-0.1, -0.05) is 60.7 Å². The van der Waals surface area contributed by atoms with Crippen molar-refractivity contribution >= 4 is 6.09 Å². The van der Waals surface area contributed by atoms with E-state index < -0.39 is 24.1 Å². The fourth-order valence-corrected chi connectivity index (χ4v) is 4.07. The number of carbonyl (C=O) groups is 1. The van der Waals surface area contributed by atoms with Gasteiger partial charge in [0.05, 0.1) is 6.61 Å². The number of fused-ring (bicyclic) bond motifs is 3. The molecule has 166 valence electrons. The van der Waals surface area contributed by atoms with Crippen molar-refractivity contribution in [1.82, 2.24) is 5.32 Å². The normalized spacial score (nSPS) is 14.4. The van der Waals surface area contributed by atoms with Crippen molar-refractivity contribution in [3.63, 3.8) is 0 Å². The van der Waals surface area contributed by atoms with E-state index in [1.807, 2.05) is 48.5 Å². The van der Waals surface area contributed by atoms with E-state index >= 15 is 0 Å². The van der Waals surface area contributed by atoms with Crippen LogP contribution in [0.2, 0.25) is 0 Å². The highest BCUT2D eigenvalue weighted by molar-refractivity contribution is 5.79. The van der Waals surface area contributed by atoms with E-state index in [-0.39, 0.29) is 31.2 Å². The minimum atomic E-state index is -1.54. The Kier molecular flexibility index (Phi) is 6.50. The zero-order valence-electron chi connectivity index (χ0n) is 17.2. The number of aliphatic hydroxyl groups excluding tert-OH is 3. The Balaban J connectivity index is 1.34. The van der Waals surface area contributed by atoms with Gasteiger partial charge in [-0.05, 0) is 33.9 Å². The Morgan fingerprint density at radius 3 is 2.22 bits per heavy atom. The fourth-order valence-electron chi connectivity index (χ4n) is 4.07. The van der Waals surface area contributed by atoms with Crippen molar-refractivity contribution in [1.29, 1.82) is 0 Å². The van der Waals surface area contributed by atoms with Crippen LogP contribution in [-0.4, -0.2) is 40.7 Å². The lowest BCUT2D eigenvalue weighted by Gasteiger charge is -2.20. The predicted molar refractivity (Wildman–Crippen MR) is 116 cm³/mol. The zero-order chi connectivity index (χ0) is 22.7. The lowest BCUT2D eigenvalue weighted by Crippen LogP contribution is -2.36. The van der Waals surface area contributed by atoms with Gasteiger partial charge in [0.25, 0.3) is 0 Å². The number of amides is 1. The van der Waals surface area contributed by atoms with Crippen molar-refractivity contribution in [3.05, 3.63) is 94.8 Å². The SMILES string of the molecule is O=C(NCC(O)C(O)c1ccc(CO)cc1F)OCC1c2ccccc2-c2ccccc21. The molecule has 1 aliphatic carbocycles. The minimum Gasteiger partial charge on any atom is -0.449 e. The molecule has 7 heteroatoms. The number of halogens is 1. The number of benzene rings is 3. The summed E-state index contributed by atoms with van der Waals surface area (Å²) in [5.41, 5.74) is 4.63. The second-order valence-corrected chi connectivity index (χ2v) is 7.73. The molecule has 3 aromatic rings. The molecule has 0 saturated carbocycles. The summed E-state index contributed by atoms with van der Waals surface area (Å²) in [6, 6.07) is 19.8. The van der Waals surface area contributed by atoms with E-state index in [1.165, 1.54) is 12.1 Å². The maximum atomic E-state index is 14.1. The van der Waals surface area contributed by atoms with Crippen molar-refractivity contribution in [2.75, 3.05) is 13.2 Å². The van der Waals surface area contributed by atoms with Crippen LogP contribution in [0.5, 0.6) is 0 Å². The van der Waals surface area contributed by atoms with E-state index in [1.54, 1.807) is 0 Å². The van der Waals surface area contributed by atoms with Gasteiger partial charge in [0.1, 0.15) is 24.6 Å². The molecule has 2 atom stereocenters. The summed E-state index contributed by atoms with van der Waals surface area (Å²) >= 11 is 0. The topological polar surface area (TPSA) is 99.0 Å². The van der Waals surface area contributed by atoms with Crippen LogP contribution >= 0.6 is 0 Å². The molecule has 0 fully saturated rings. The molecule has 0 bridgehead atoms. The first-order chi connectivity index (χ1) is 15.5. The maximum absolute atomic E-state index is 14.1. The number of ether oxygens (including phenoxy) is 1. The lowest BCUT2D eigenvalue weighted by molar-refractivity contribution is 0.0165. The Bertz CT molecular complexity index is 1070. The number of nitrogens with one attached hydrogen (secondary N) is 1. The number of carbonyl (C=O) groups excluding carboxylic acids is 1. The van der Waals surface area contributed by atoms with Gasteiger partial charge >= 0.3 is 6.09 Å². The number of hydrogen-bond acceptors (Lipinski definition) is 5. The van der Waals surface area contributed by atoms with Crippen molar-refractivity contribution in [2.45, 2.75) is 24.7 Å². The van der Waals surface area contributed by atoms with E-state index in [9.17, 15) is 19.4 Å². The third-order valence-corrected chi connectivity index (χ3v) is 5.73. The standard InChI is InChI=1S/C25H24FNO5/c26-22-11-15(13-28)9-10-20(22)24(30)23(29)12-27-25(31)32-14-21-18-7-3-1-5-16(18)17-6-2-4-8-19(17)21/h1-11,21,23-24,28-30H,12-14H2,(H,27,31). The second-order valence-electron chi connectivity index (χ2n) is 7.73. The van der Waals surface area contributed by atoms with Crippen LogP contribution in [0.3, 0.4) is 0 Å². The summed E-state index contributed by atoms with van der Waals surface area (Å²) < 4.78 is 19.5. The van der Waals surface area contributed by atoms with Crippen LogP contribution < -0.4 is 5.32 Å². The molecule has 4 N–H and O–H groups in total. The number of rotatable bonds is 7. The molecular weight excluding hydrogens is 413 g/mol. The maximum Gasteiger partial charge on any atom is 0.407 e. The summed E-state index contributed by atoms with van der Waals surface area (Å²) in [5, 5.41) is 31.9. The zero-order valence-corrected chi connectivity index (χ0v) is 17.2. The highest BCUT2D eigenvalue weighted by Crippen LogP contribution is 2.44. The van der Waals surface area contributed by atoms with E-state index in [2.05, 4.69) is 5.32 Å². The third-order valence-electron chi connectivity index (χ3n) is 5.73. The van der Waals surface area contributed by atoms with E-state index in [4.69, 9.17) is 9.84 Å². The van der Waals surface area contributed by atoms with Crippen LogP contribution in [-0.2, 0) is 11.3 Å². The lowest BCUT2D eigenvalue weighted by atomic mass is 9.98. The summed E-state index contributed by atoms with van der Waals surface area (Å²) in [5.74, 6) is -0.841. The molecule has 0 aromatic heterocycles. The van der Waals surface area contributed by atoms with E-state index in [0.29, 0.717) is 5.56 Å². The van der Waals surface area contributed by atoms with Crippen molar-refractivity contribution in [2.24, 2.45) is 0 Å². The molecule has 0 saturated heterocycles. The van der Waals surface area contributed by atoms with Crippen LogP contribution in [0, 0.1) is 5.82 Å². The highest BCUT2D eigenvalue weighted by atomic mass is 19.1. The molecule has 0 spiro atoms. The van der Waals surface area contributed by atoms with Gasteiger partial charge in [0.2, 0.25) is 0 Å². The van der Waals surface area contributed by atoms with Gasteiger partial charge in [0.15, 0.2) is 0 Å². The summed E-state index contributed by atoms with van der Waals surface area (Å²) in [4.78, 5) is 12.2. The minimum absolute atomic E-state index is 0.0946. The summed E-state index contributed by atoms with van der Waals surface area (Å²) in [6.45, 7) is -0.534. The highest BCUT2D eigenvalue weighted by Gasteiger charge is 2.29. The van der Waals surface area contributed by atoms with Gasteiger partial charge in [-0.2, -0.15) is 0 Å². The third kappa shape index (κ3) is 4.36. The number of hydrogen-bond donors (Lipinski definition) is 4. The summed E-state index contributed by atoms with van der Waals surface area (Å²) in [6.07, 6.45) is -3.73. The molecule has 1 aliphatic rings. The predicted octanol–water partition coefficient (Wildman–Crippen LogP) is 3.25. The molecule has 6 nitrogen and oxygen atoms in total. The fraction of sp³-hybridized carbons (Fsp3) is 0.240. The van der Waals surface area contributed by atoms with Gasteiger partial charge in [-0.3, -0.25) is 0 Å².